The van der Waals surface area contributed by atoms with Crippen molar-refractivity contribution in [3.8, 4) is 5.75 Å². The largest absolute Gasteiger partial charge is 0.507 e. The summed E-state index contributed by atoms with van der Waals surface area (Å²) in [5.74, 6) is 0.361. The second kappa shape index (κ2) is 7.88. The molecular formula is C25H34O2. The van der Waals surface area contributed by atoms with E-state index in [1.54, 1.807) is 0 Å². The van der Waals surface area contributed by atoms with Crippen LogP contribution in [-0.4, -0.2) is 11.4 Å². The number of benzene rings is 2. The highest BCUT2D eigenvalue weighted by Gasteiger charge is 2.29. The molecule has 2 rings (SSSR count). The van der Waals surface area contributed by atoms with Crippen molar-refractivity contribution in [2.45, 2.75) is 71.6 Å². The average molecular weight is 367 g/mol. The summed E-state index contributed by atoms with van der Waals surface area (Å²) in [6.07, 6.45) is 1.81. The van der Waals surface area contributed by atoms with E-state index in [4.69, 9.17) is 0 Å². The molecule has 2 nitrogen and oxygen atoms in total. The Morgan fingerprint density at radius 1 is 0.926 bits per heavy atom. The second-order valence-corrected chi connectivity index (χ2v) is 9.74. The Labute approximate surface area is 164 Å². The van der Waals surface area contributed by atoms with Gasteiger partial charge < -0.3 is 9.90 Å². The fourth-order valence-electron chi connectivity index (χ4n) is 3.54. The van der Waals surface area contributed by atoms with Gasteiger partial charge in [0.05, 0.1) is 0 Å². The van der Waals surface area contributed by atoms with E-state index in [1.165, 1.54) is 5.56 Å². The first-order valence-corrected chi connectivity index (χ1v) is 9.82. The molecule has 0 aromatic heterocycles. The minimum atomic E-state index is -0.171. The number of hydrogen-bond acceptors (Lipinski definition) is 2. The standard InChI is InChI=1S/C25H34O2/c1-17(20(16-26)13-18-11-9-8-10-12-18)19-14-21(24(2,3)4)23(27)22(15-19)25(5,6)7/h8-12,14-17,20,27H,13H2,1-7H3/t17-,20-/m0/s1. The summed E-state index contributed by atoms with van der Waals surface area (Å²) in [5.41, 5.74) is 3.84. The van der Waals surface area contributed by atoms with Gasteiger partial charge in [-0.15, -0.1) is 0 Å². The van der Waals surface area contributed by atoms with Gasteiger partial charge in [0.15, 0.2) is 0 Å². The van der Waals surface area contributed by atoms with Crippen LogP contribution in [0.5, 0.6) is 5.75 Å². The smallest absolute Gasteiger partial charge is 0.124 e. The first-order chi connectivity index (χ1) is 12.4. The lowest BCUT2D eigenvalue weighted by molar-refractivity contribution is -0.111. The highest BCUT2D eigenvalue weighted by Crippen LogP contribution is 2.42. The Kier molecular flexibility index (Phi) is 6.19. The minimum absolute atomic E-state index is 0.0745. The molecule has 0 bridgehead atoms. The van der Waals surface area contributed by atoms with Crippen LogP contribution in [0, 0.1) is 5.92 Å². The van der Waals surface area contributed by atoms with Crippen LogP contribution >= 0.6 is 0 Å². The zero-order chi connectivity index (χ0) is 20.4. The van der Waals surface area contributed by atoms with Gasteiger partial charge in [0.2, 0.25) is 0 Å². The Morgan fingerprint density at radius 2 is 1.41 bits per heavy atom. The van der Waals surface area contributed by atoms with Crippen LogP contribution in [0.4, 0.5) is 0 Å². The Balaban J connectivity index is 2.50. The molecule has 27 heavy (non-hydrogen) atoms. The molecule has 1 N–H and O–H groups in total. The summed E-state index contributed by atoms with van der Waals surface area (Å²) < 4.78 is 0. The Hall–Kier alpha value is -2.09. The highest BCUT2D eigenvalue weighted by atomic mass is 16.3. The van der Waals surface area contributed by atoms with Crippen LogP contribution in [0.1, 0.15) is 76.6 Å². The van der Waals surface area contributed by atoms with Crippen LogP contribution in [0.2, 0.25) is 0 Å². The number of hydrogen-bond donors (Lipinski definition) is 1. The molecular weight excluding hydrogens is 332 g/mol. The van der Waals surface area contributed by atoms with Gasteiger partial charge in [-0.3, -0.25) is 0 Å². The van der Waals surface area contributed by atoms with Crippen molar-refractivity contribution in [1.82, 2.24) is 0 Å². The number of carbonyl (C=O) groups excluding carboxylic acids is 1. The third kappa shape index (κ3) is 5.00. The van der Waals surface area contributed by atoms with Crippen molar-refractivity contribution in [2.24, 2.45) is 5.92 Å². The van der Waals surface area contributed by atoms with E-state index < -0.39 is 0 Å². The number of aldehydes is 1. The average Bonchev–Trinajstić information content (AvgIpc) is 2.58. The third-order valence-corrected chi connectivity index (χ3v) is 5.41. The van der Waals surface area contributed by atoms with Crippen LogP contribution in [-0.2, 0) is 22.0 Å². The lowest BCUT2D eigenvalue weighted by Gasteiger charge is -2.30. The van der Waals surface area contributed by atoms with E-state index >= 15 is 0 Å². The maximum absolute atomic E-state index is 11.9. The van der Waals surface area contributed by atoms with Gasteiger partial charge in [-0.1, -0.05) is 90.9 Å². The Bertz CT molecular complexity index is 741. The van der Waals surface area contributed by atoms with E-state index in [1.807, 2.05) is 18.2 Å². The van der Waals surface area contributed by atoms with Crippen LogP contribution in [0.15, 0.2) is 42.5 Å². The fraction of sp³-hybridized carbons (Fsp3) is 0.480. The van der Waals surface area contributed by atoms with E-state index in [2.05, 4.69) is 72.7 Å². The van der Waals surface area contributed by atoms with Crippen LogP contribution in [0.25, 0.3) is 0 Å². The van der Waals surface area contributed by atoms with Crippen LogP contribution < -0.4 is 0 Å². The van der Waals surface area contributed by atoms with Crippen molar-refractivity contribution in [3.05, 3.63) is 64.7 Å². The molecule has 2 atom stereocenters. The number of carbonyl (C=O) groups is 1. The monoisotopic (exact) mass is 366 g/mol. The first-order valence-electron chi connectivity index (χ1n) is 9.82. The van der Waals surface area contributed by atoms with E-state index in [-0.39, 0.29) is 22.7 Å². The Morgan fingerprint density at radius 3 is 1.81 bits per heavy atom. The summed E-state index contributed by atoms with van der Waals surface area (Å²) in [6.45, 7) is 14.8. The normalized spacial score (nSPS) is 14.6. The lowest BCUT2D eigenvalue weighted by Crippen LogP contribution is -2.20. The SMILES string of the molecule is C[C@@H](c1cc(C(C)(C)C)c(O)c(C(C)(C)C)c1)[C@H](C=O)Cc1ccccc1. The maximum Gasteiger partial charge on any atom is 0.124 e. The third-order valence-electron chi connectivity index (χ3n) is 5.41. The van der Waals surface area contributed by atoms with Gasteiger partial charge >= 0.3 is 0 Å². The number of aromatic hydroxyl groups is 1. The van der Waals surface area contributed by atoms with Crippen molar-refractivity contribution in [2.75, 3.05) is 0 Å². The van der Waals surface area contributed by atoms with Gasteiger partial charge in [-0.25, -0.2) is 0 Å². The number of phenolic OH excluding ortho intramolecular Hbond substituents is 1. The molecule has 146 valence electrons. The molecule has 2 heteroatoms. The lowest BCUT2D eigenvalue weighted by atomic mass is 9.75. The summed E-state index contributed by atoms with van der Waals surface area (Å²) in [7, 11) is 0. The van der Waals surface area contributed by atoms with Gasteiger partial charge in [0, 0.05) is 5.92 Å². The zero-order valence-corrected chi connectivity index (χ0v) is 17.8. The molecule has 0 saturated carbocycles. The predicted molar refractivity (Wildman–Crippen MR) is 114 cm³/mol. The molecule has 2 aromatic rings. The molecule has 0 spiro atoms. The van der Waals surface area contributed by atoms with Crippen molar-refractivity contribution >= 4 is 6.29 Å². The first kappa shape index (κ1) is 21.2. The highest BCUT2D eigenvalue weighted by molar-refractivity contribution is 5.58. The van der Waals surface area contributed by atoms with E-state index in [0.29, 0.717) is 5.75 Å². The van der Waals surface area contributed by atoms with Crippen molar-refractivity contribution in [3.63, 3.8) is 0 Å². The molecule has 0 unspecified atom stereocenters. The molecule has 0 aliphatic rings. The topological polar surface area (TPSA) is 37.3 Å². The molecule has 0 saturated heterocycles. The fourth-order valence-corrected chi connectivity index (χ4v) is 3.54. The van der Waals surface area contributed by atoms with Crippen LogP contribution in [0.3, 0.4) is 0 Å². The van der Waals surface area contributed by atoms with Gasteiger partial charge in [-0.05, 0) is 45.4 Å². The second-order valence-electron chi connectivity index (χ2n) is 9.74. The summed E-state index contributed by atoms with van der Waals surface area (Å²) >= 11 is 0. The molecule has 0 fully saturated rings. The number of phenols is 1. The molecule has 0 heterocycles. The maximum atomic E-state index is 11.9. The molecule has 0 radical (unpaired) electrons. The molecule has 0 amide bonds. The molecule has 2 aromatic carbocycles. The summed E-state index contributed by atoms with van der Waals surface area (Å²) in [4.78, 5) is 11.9. The number of rotatable bonds is 5. The van der Waals surface area contributed by atoms with E-state index in [0.717, 1.165) is 29.4 Å². The summed E-state index contributed by atoms with van der Waals surface area (Å²) in [6, 6.07) is 14.3. The van der Waals surface area contributed by atoms with Gasteiger partial charge in [0.1, 0.15) is 12.0 Å². The van der Waals surface area contributed by atoms with E-state index in [9.17, 15) is 9.90 Å². The molecule has 0 aliphatic heterocycles. The van der Waals surface area contributed by atoms with Gasteiger partial charge in [0.25, 0.3) is 0 Å². The van der Waals surface area contributed by atoms with Gasteiger partial charge in [-0.2, -0.15) is 0 Å². The predicted octanol–water partition coefficient (Wildman–Crippen LogP) is 6.15. The minimum Gasteiger partial charge on any atom is -0.507 e. The molecule has 0 aliphatic carbocycles. The summed E-state index contributed by atoms with van der Waals surface area (Å²) in [5, 5.41) is 10.9. The van der Waals surface area contributed by atoms with Crippen molar-refractivity contribution in [1.29, 1.82) is 0 Å². The zero-order valence-electron chi connectivity index (χ0n) is 17.8. The van der Waals surface area contributed by atoms with Crippen molar-refractivity contribution < 1.29 is 9.90 Å². The quantitative estimate of drug-likeness (QED) is 0.645.